The van der Waals surface area contributed by atoms with Crippen LogP contribution < -0.4 is 5.32 Å². The highest BCUT2D eigenvalue weighted by Crippen LogP contribution is 2.35. The monoisotopic (exact) mass is 201 g/mol. The Morgan fingerprint density at radius 3 is 3.00 bits per heavy atom. The van der Waals surface area contributed by atoms with Crippen LogP contribution in [0, 0.1) is 0 Å². The van der Waals surface area contributed by atoms with E-state index in [2.05, 4.69) is 5.32 Å². The van der Waals surface area contributed by atoms with Crippen LogP contribution in [0.5, 0.6) is 0 Å². The van der Waals surface area contributed by atoms with Gasteiger partial charge in [-0.1, -0.05) is 0 Å². The zero-order valence-electron chi connectivity index (χ0n) is 8.57. The minimum absolute atomic E-state index is 0.141. The maximum absolute atomic E-state index is 11.1. The molecule has 14 heavy (non-hydrogen) atoms. The predicted molar refractivity (Wildman–Crippen MR) is 47.8 cm³/mol. The van der Waals surface area contributed by atoms with Crippen LogP contribution in [0.2, 0.25) is 0 Å². The van der Waals surface area contributed by atoms with Crippen LogP contribution in [0.25, 0.3) is 0 Å². The van der Waals surface area contributed by atoms with Crippen molar-refractivity contribution in [2.24, 2.45) is 0 Å². The Morgan fingerprint density at radius 1 is 1.64 bits per heavy atom. The van der Waals surface area contributed by atoms with Gasteiger partial charge in [0.05, 0.1) is 11.6 Å². The highest BCUT2D eigenvalue weighted by atomic mass is 16.7. The lowest BCUT2D eigenvalue weighted by Crippen LogP contribution is -2.57. The minimum Gasteiger partial charge on any atom is -0.441 e. The summed E-state index contributed by atoms with van der Waals surface area (Å²) in [6.45, 7) is 3.84. The van der Waals surface area contributed by atoms with Crippen molar-refractivity contribution in [3.8, 4) is 0 Å². The molecule has 1 N–H and O–H groups in total. The molecule has 0 bridgehead atoms. The fourth-order valence-electron chi connectivity index (χ4n) is 2.20. The van der Waals surface area contributed by atoms with Crippen molar-refractivity contribution in [3.05, 3.63) is 0 Å². The summed E-state index contributed by atoms with van der Waals surface area (Å²) in [4.78, 5) is 11.1. The van der Waals surface area contributed by atoms with Crippen LogP contribution in [0.15, 0.2) is 0 Å². The van der Waals surface area contributed by atoms with Crippen LogP contribution in [0.3, 0.4) is 0 Å². The van der Waals surface area contributed by atoms with Crippen LogP contribution >= 0.6 is 0 Å². The Kier molecular flexibility index (Phi) is 2.16. The summed E-state index contributed by atoms with van der Waals surface area (Å²) < 4.78 is 15.8. The summed E-state index contributed by atoms with van der Waals surface area (Å²) in [6.07, 6.45) is -0.387. The van der Waals surface area contributed by atoms with E-state index < -0.39 is 0 Å². The van der Waals surface area contributed by atoms with E-state index in [0.29, 0.717) is 6.42 Å². The topological polar surface area (TPSA) is 56.8 Å². The number of carbonyl (C=O) groups excluding carboxylic acids is 1. The van der Waals surface area contributed by atoms with E-state index in [0.717, 1.165) is 0 Å². The molecular weight excluding hydrogens is 186 g/mol. The molecule has 80 valence electrons. The maximum Gasteiger partial charge on any atom is 0.408 e. The summed E-state index contributed by atoms with van der Waals surface area (Å²) in [5, 5.41) is 2.81. The third-order valence-electron chi connectivity index (χ3n) is 2.90. The fraction of sp³-hybridized carbons (Fsp3) is 0.889. The molecule has 2 heterocycles. The minimum atomic E-state index is -0.371. The smallest absolute Gasteiger partial charge is 0.408 e. The van der Waals surface area contributed by atoms with Gasteiger partial charge in [0, 0.05) is 13.5 Å². The molecule has 0 aliphatic carbocycles. The number of carbonyl (C=O) groups is 1. The molecule has 0 aromatic heterocycles. The van der Waals surface area contributed by atoms with Gasteiger partial charge >= 0.3 is 6.09 Å². The van der Waals surface area contributed by atoms with Gasteiger partial charge in [0.25, 0.3) is 0 Å². The van der Waals surface area contributed by atoms with Crippen LogP contribution in [0.1, 0.15) is 20.3 Å². The van der Waals surface area contributed by atoms with E-state index in [1.54, 1.807) is 7.11 Å². The first-order chi connectivity index (χ1) is 6.55. The van der Waals surface area contributed by atoms with Gasteiger partial charge in [-0.2, -0.15) is 0 Å². The Hall–Kier alpha value is -0.810. The molecule has 4 atom stereocenters. The van der Waals surface area contributed by atoms with E-state index in [1.165, 1.54) is 0 Å². The van der Waals surface area contributed by atoms with Crippen molar-refractivity contribution in [1.29, 1.82) is 0 Å². The average Bonchev–Trinajstić information content (AvgIpc) is 2.40. The molecule has 4 unspecified atom stereocenters. The summed E-state index contributed by atoms with van der Waals surface area (Å²) in [5.74, 6) is 0. The molecule has 0 saturated carbocycles. The third kappa shape index (κ3) is 1.36. The Bertz CT molecular complexity index is 257. The lowest BCUT2D eigenvalue weighted by atomic mass is 9.86. The van der Waals surface area contributed by atoms with Crippen LogP contribution in [-0.4, -0.2) is 37.2 Å². The van der Waals surface area contributed by atoms with E-state index in [-0.39, 0.29) is 30.1 Å². The van der Waals surface area contributed by atoms with Crippen molar-refractivity contribution in [2.45, 2.75) is 44.3 Å². The van der Waals surface area contributed by atoms with E-state index >= 15 is 0 Å². The van der Waals surface area contributed by atoms with Gasteiger partial charge in [-0.15, -0.1) is 0 Å². The van der Waals surface area contributed by atoms with Crippen molar-refractivity contribution in [3.63, 3.8) is 0 Å². The number of alkyl carbamates (subject to hydrolysis) is 1. The average molecular weight is 201 g/mol. The molecule has 5 nitrogen and oxygen atoms in total. The number of hydrogen-bond acceptors (Lipinski definition) is 4. The van der Waals surface area contributed by atoms with Gasteiger partial charge in [0.15, 0.2) is 12.4 Å². The number of hydrogen-bond donors (Lipinski definition) is 1. The number of nitrogens with one attached hydrogen (secondary N) is 1. The van der Waals surface area contributed by atoms with Gasteiger partial charge in [-0.3, -0.25) is 0 Å². The maximum atomic E-state index is 11.1. The van der Waals surface area contributed by atoms with E-state index in [9.17, 15) is 4.79 Å². The molecule has 1 amide bonds. The Morgan fingerprint density at radius 2 is 2.36 bits per heavy atom. The fourth-order valence-corrected chi connectivity index (χ4v) is 2.20. The normalized spacial score (nSPS) is 46.8. The molecule has 0 spiro atoms. The van der Waals surface area contributed by atoms with Crippen molar-refractivity contribution >= 4 is 6.09 Å². The molecule has 2 fully saturated rings. The lowest BCUT2D eigenvalue weighted by molar-refractivity contribution is -0.218. The van der Waals surface area contributed by atoms with Crippen molar-refractivity contribution < 1.29 is 19.0 Å². The number of ether oxygens (including phenoxy) is 3. The van der Waals surface area contributed by atoms with Crippen molar-refractivity contribution in [1.82, 2.24) is 5.32 Å². The standard InChI is InChI=1S/C9H15NO4/c1-5-7-9(2,10-8(11)14-7)4-6(12-3)13-5/h5-7H,4H2,1-3H3,(H,10,11). The van der Waals surface area contributed by atoms with Gasteiger partial charge in [-0.05, 0) is 13.8 Å². The van der Waals surface area contributed by atoms with Gasteiger partial charge < -0.3 is 19.5 Å². The Balaban J connectivity index is 2.18. The molecule has 2 aliphatic rings. The van der Waals surface area contributed by atoms with Gasteiger partial charge in [0.2, 0.25) is 0 Å². The number of methoxy groups -OCH3 is 1. The molecule has 5 heteroatoms. The first-order valence-electron chi connectivity index (χ1n) is 4.72. The molecule has 2 aliphatic heterocycles. The lowest BCUT2D eigenvalue weighted by Gasteiger charge is -2.40. The largest absolute Gasteiger partial charge is 0.441 e. The van der Waals surface area contributed by atoms with E-state index in [1.807, 2.05) is 13.8 Å². The highest BCUT2D eigenvalue weighted by molar-refractivity contribution is 5.71. The quantitative estimate of drug-likeness (QED) is 0.676. The molecule has 0 radical (unpaired) electrons. The molecule has 2 saturated heterocycles. The van der Waals surface area contributed by atoms with Crippen molar-refractivity contribution in [2.75, 3.05) is 7.11 Å². The Labute approximate surface area is 82.7 Å². The zero-order valence-corrected chi connectivity index (χ0v) is 8.57. The number of amides is 1. The highest BCUT2D eigenvalue weighted by Gasteiger charge is 2.53. The van der Waals surface area contributed by atoms with Crippen LogP contribution in [0.4, 0.5) is 4.79 Å². The zero-order chi connectivity index (χ0) is 10.3. The van der Waals surface area contributed by atoms with Gasteiger partial charge in [0.1, 0.15) is 0 Å². The summed E-state index contributed by atoms with van der Waals surface area (Å²) in [5.41, 5.74) is -0.366. The second-order valence-corrected chi connectivity index (χ2v) is 4.08. The first kappa shape index (κ1) is 9.73. The first-order valence-corrected chi connectivity index (χ1v) is 4.72. The number of fused-ring (bicyclic) bond motifs is 1. The summed E-state index contributed by atoms with van der Waals surface area (Å²) in [7, 11) is 1.60. The molecule has 2 rings (SSSR count). The second kappa shape index (κ2) is 3.10. The summed E-state index contributed by atoms with van der Waals surface area (Å²) >= 11 is 0. The third-order valence-corrected chi connectivity index (χ3v) is 2.90. The summed E-state index contributed by atoms with van der Waals surface area (Å²) in [6, 6.07) is 0. The van der Waals surface area contributed by atoms with Crippen LogP contribution in [-0.2, 0) is 14.2 Å². The predicted octanol–water partition coefficient (Wildman–Crippen LogP) is 0.635. The van der Waals surface area contributed by atoms with E-state index in [4.69, 9.17) is 14.2 Å². The molecule has 0 aromatic rings. The SMILES string of the molecule is COC1CC2(C)NC(=O)OC2C(C)O1. The number of rotatable bonds is 1. The second-order valence-electron chi connectivity index (χ2n) is 4.08. The van der Waals surface area contributed by atoms with Gasteiger partial charge in [-0.25, -0.2) is 4.79 Å². The molecular formula is C9H15NO4. The molecule has 0 aromatic carbocycles.